The minimum absolute atomic E-state index is 1.53. The molecule has 1 aromatic rings. The second-order valence-electron chi connectivity index (χ2n) is 3.37. The van der Waals surface area contributed by atoms with Crippen molar-refractivity contribution in [1.29, 1.82) is 0 Å². The van der Waals surface area contributed by atoms with Gasteiger partial charge in [0.25, 0.3) is 0 Å². The highest BCUT2D eigenvalue weighted by molar-refractivity contribution is 5.96. The molecule has 21 heavy (non-hydrogen) atoms. The van der Waals surface area contributed by atoms with E-state index in [-0.39, 0.29) is 0 Å². The molecule has 0 aliphatic rings. The molecular weight excluding hydrogens is 331 g/mol. The van der Waals surface area contributed by atoms with Crippen molar-refractivity contribution in [2.45, 2.75) is 12.4 Å². The van der Waals surface area contributed by atoms with Crippen molar-refractivity contribution >= 4 is 11.4 Å². The number of halogens is 11. The van der Waals surface area contributed by atoms with Crippen LogP contribution in [-0.2, 0) is 0 Å². The molecule has 0 saturated heterocycles. The van der Waals surface area contributed by atoms with E-state index in [1.807, 2.05) is 0 Å². The number of hydrogen-bond donors (Lipinski definition) is 0. The molecule has 0 bridgehead atoms. The lowest BCUT2D eigenvalue weighted by molar-refractivity contribution is -0.117. The average molecular weight is 331 g/mol. The molecular formula is C9F11N. The second-order valence-corrected chi connectivity index (χ2v) is 3.37. The molecule has 1 aromatic carbocycles. The van der Waals surface area contributed by atoms with Gasteiger partial charge in [-0.2, -0.15) is 26.3 Å². The van der Waals surface area contributed by atoms with E-state index in [1.54, 1.807) is 0 Å². The molecule has 0 radical (unpaired) electrons. The Morgan fingerprint density at radius 3 is 1.14 bits per heavy atom. The maximum atomic E-state index is 13.0. The topological polar surface area (TPSA) is 12.4 Å². The van der Waals surface area contributed by atoms with Crippen LogP contribution in [0.5, 0.6) is 0 Å². The number of aliphatic imine (C=N–C) groups is 1. The van der Waals surface area contributed by atoms with Crippen LogP contribution in [0.2, 0.25) is 0 Å². The van der Waals surface area contributed by atoms with Crippen LogP contribution in [0.15, 0.2) is 4.99 Å². The Labute approximate surface area is 107 Å². The van der Waals surface area contributed by atoms with Gasteiger partial charge in [-0.05, 0) is 0 Å². The second kappa shape index (κ2) is 5.15. The summed E-state index contributed by atoms with van der Waals surface area (Å²) < 4.78 is 136. The van der Waals surface area contributed by atoms with Crippen LogP contribution in [0.3, 0.4) is 0 Å². The lowest BCUT2D eigenvalue weighted by Gasteiger charge is -2.14. The molecule has 0 aromatic heterocycles. The highest BCUT2D eigenvalue weighted by Gasteiger charge is 2.53. The van der Waals surface area contributed by atoms with Gasteiger partial charge >= 0.3 is 12.4 Å². The van der Waals surface area contributed by atoms with Gasteiger partial charge in [0.15, 0.2) is 23.3 Å². The summed E-state index contributed by atoms with van der Waals surface area (Å²) in [6, 6.07) is 0. The van der Waals surface area contributed by atoms with Gasteiger partial charge in [-0.25, -0.2) is 26.9 Å². The molecule has 0 unspecified atom stereocenters. The Morgan fingerprint density at radius 1 is 0.571 bits per heavy atom. The summed E-state index contributed by atoms with van der Waals surface area (Å²) in [7, 11) is 0. The molecule has 0 aliphatic heterocycles. The normalized spacial score (nSPS) is 12.5. The fourth-order valence-corrected chi connectivity index (χ4v) is 1.09. The quantitative estimate of drug-likeness (QED) is 0.309. The van der Waals surface area contributed by atoms with E-state index in [9.17, 15) is 48.3 Å². The summed E-state index contributed by atoms with van der Waals surface area (Å²) in [6.07, 6.45) is -12.4. The molecule has 0 fully saturated rings. The Bertz CT molecular complexity index is 550. The number of benzene rings is 1. The summed E-state index contributed by atoms with van der Waals surface area (Å²) in [5, 5.41) is 0. The fraction of sp³-hybridized carbons (Fsp3) is 0.222. The zero-order valence-corrected chi connectivity index (χ0v) is 9.10. The Kier molecular flexibility index (Phi) is 4.21. The highest BCUT2D eigenvalue weighted by Crippen LogP contribution is 2.35. The molecule has 1 rings (SSSR count). The average Bonchev–Trinajstić information content (AvgIpc) is 2.30. The van der Waals surface area contributed by atoms with Crippen LogP contribution in [0.1, 0.15) is 0 Å². The Hall–Kier alpha value is -1.88. The van der Waals surface area contributed by atoms with Gasteiger partial charge in [0.05, 0.1) is 0 Å². The van der Waals surface area contributed by atoms with Crippen LogP contribution < -0.4 is 0 Å². The maximum absolute atomic E-state index is 13.0. The zero-order chi connectivity index (χ0) is 16.7. The van der Waals surface area contributed by atoms with Crippen LogP contribution >= 0.6 is 0 Å². The van der Waals surface area contributed by atoms with Crippen molar-refractivity contribution in [3.63, 3.8) is 0 Å². The predicted molar refractivity (Wildman–Crippen MR) is 45.4 cm³/mol. The summed E-state index contributed by atoms with van der Waals surface area (Å²) in [4.78, 5) is 1.53. The van der Waals surface area contributed by atoms with Crippen LogP contribution in [0.4, 0.5) is 54.0 Å². The van der Waals surface area contributed by atoms with Crippen molar-refractivity contribution in [3.05, 3.63) is 29.1 Å². The summed E-state index contributed by atoms with van der Waals surface area (Å²) in [6.45, 7) is 0. The van der Waals surface area contributed by atoms with E-state index in [0.29, 0.717) is 0 Å². The van der Waals surface area contributed by atoms with Crippen molar-refractivity contribution in [3.8, 4) is 0 Å². The van der Waals surface area contributed by atoms with Gasteiger partial charge in [-0.15, -0.1) is 0 Å². The Morgan fingerprint density at radius 2 is 0.857 bits per heavy atom. The number of alkyl halides is 6. The third-order valence-electron chi connectivity index (χ3n) is 1.95. The third-order valence-corrected chi connectivity index (χ3v) is 1.95. The van der Waals surface area contributed by atoms with Crippen molar-refractivity contribution < 1.29 is 48.3 Å². The number of rotatable bonds is 1. The first-order chi connectivity index (χ1) is 9.28. The molecule has 0 atom stereocenters. The summed E-state index contributed by atoms with van der Waals surface area (Å²) in [5.74, 6) is -14.0. The van der Waals surface area contributed by atoms with Gasteiger partial charge < -0.3 is 0 Å². The van der Waals surface area contributed by atoms with Crippen LogP contribution in [0, 0.1) is 29.1 Å². The van der Waals surface area contributed by atoms with E-state index in [4.69, 9.17) is 0 Å². The van der Waals surface area contributed by atoms with Crippen molar-refractivity contribution in [2.75, 3.05) is 0 Å². The smallest absolute Gasteiger partial charge is 0.233 e. The molecule has 0 spiro atoms. The zero-order valence-electron chi connectivity index (χ0n) is 9.10. The lowest BCUT2D eigenvalue weighted by atomic mass is 10.2. The SMILES string of the molecule is Fc1c(F)c(F)c(N=C(C(F)(F)F)C(F)(F)F)c(F)c1F. The molecule has 0 N–H and O–H groups in total. The number of hydrogen-bond acceptors (Lipinski definition) is 1. The van der Waals surface area contributed by atoms with E-state index in [1.165, 1.54) is 4.99 Å². The maximum Gasteiger partial charge on any atom is 0.438 e. The van der Waals surface area contributed by atoms with Gasteiger partial charge in [-0.3, -0.25) is 0 Å². The minimum Gasteiger partial charge on any atom is -0.233 e. The first-order valence-electron chi connectivity index (χ1n) is 4.53. The highest BCUT2D eigenvalue weighted by atomic mass is 19.4. The molecule has 0 amide bonds. The monoisotopic (exact) mass is 331 g/mol. The van der Waals surface area contributed by atoms with Gasteiger partial charge in [0, 0.05) is 0 Å². The van der Waals surface area contributed by atoms with E-state index in [0.717, 1.165) is 0 Å². The number of nitrogens with zero attached hydrogens (tertiary/aromatic N) is 1. The van der Waals surface area contributed by atoms with Crippen LogP contribution in [-0.4, -0.2) is 18.1 Å². The van der Waals surface area contributed by atoms with E-state index < -0.39 is 52.8 Å². The molecule has 1 nitrogen and oxygen atoms in total. The molecule has 12 heteroatoms. The Balaban J connectivity index is 3.72. The van der Waals surface area contributed by atoms with E-state index >= 15 is 0 Å². The van der Waals surface area contributed by atoms with E-state index in [2.05, 4.69) is 0 Å². The van der Waals surface area contributed by atoms with Crippen molar-refractivity contribution in [1.82, 2.24) is 0 Å². The lowest BCUT2D eigenvalue weighted by Crippen LogP contribution is -2.37. The minimum atomic E-state index is -6.22. The fourth-order valence-electron chi connectivity index (χ4n) is 1.09. The van der Waals surface area contributed by atoms with Gasteiger partial charge in [0.1, 0.15) is 5.69 Å². The van der Waals surface area contributed by atoms with Crippen LogP contribution in [0.25, 0.3) is 0 Å². The predicted octanol–water partition coefficient (Wildman–Crippen LogP) is 4.58. The standard InChI is InChI=1S/C9F11N/c10-1-2(11)4(13)6(5(14)3(1)12)21-7(8(15,16)17)9(18,19)20. The molecule has 0 saturated carbocycles. The first kappa shape index (κ1) is 17.2. The summed E-state index contributed by atoms with van der Waals surface area (Å²) >= 11 is 0. The van der Waals surface area contributed by atoms with Crippen molar-refractivity contribution in [2.24, 2.45) is 4.99 Å². The van der Waals surface area contributed by atoms with Gasteiger partial charge in [0.2, 0.25) is 11.5 Å². The molecule has 118 valence electrons. The van der Waals surface area contributed by atoms with Gasteiger partial charge in [-0.1, -0.05) is 0 Å². The molecule has 0 heterocycles. The summed E-state index contributed by atoms with van der Waals surface area (Å²) in [5.41, 5.74) is -6.26. The first-order valence-corrected chi connectivity index (χ1v) is 4.53. The third kappa shape index (κ3) is 3.24. The largest absolute Gasteiger partial charge is 0.438 e. The molecule has 0 aliphatic carbocycles.